The Morgan fingerprint density at radius 3 is 2.69 bits per heavy atom. The van der Waals surface area contributed by atoms with Gasteiger partial charge in [-0.3, -0.25) is 4.68 Å². The molecule has 4 aromatic rings. The molecule has 39 heavy (non-hydrogen) atoms. The number of hydrogen-bond donors (Lipinski definition) is 1. The van der Waals surface area contributed by atoms with Gasteiger partial charge in [-0.05, 0) is 66.6 Å². The Balaban J connectivity index is 1.33. The fourth-order valence-electron chi connectivity index (χ4n) is 5.84. The highest BCUT2D eigenvalue weighted by molar-refractivity contribution is 7.89. The van der Waals surface area contributed by atoms with Crippen molar-refractivity contribution in [2.75, 3.05) is 6.54 Å². The van der Waals surface area contributed by atoms with Crippen molar-refractivity contribution in [2.45, 2.75) is 50.0 Å². The number of aromatic carboxylic acids is 1. The Labute approximate surface area is 227 Å². The average Bonchev–Trinajstić information content (AvgIpc) is 3.36. The molecule has 2 aromatic heterocycles. The molecule has 3 heterocycles. The highest BCUT2D eigenvalue weighted by atomic mass is 32.2. The Kier molecular flexibility index (Phi) is 6.19. The molecule has 0 bridgehead atoms. The summed E-state index contributed by atoms with van der Waals surface area (Å²) in [4.78, 5) is 12.5. The summed E-state index contributed by atoms with van der Waals surface area (Å²) < 4.78 is 32.6. The van der Waals surface area contributed by atoms with Crippen LogP contribution in [-0.2, 0) is 30.0 Å². The maximum atomic E-state index is 13.7. The second-order valence-corrected chi connectivity index (χ2v) is 12.8. The molecule has 2 aliphatic rings. The summed E-state index contributed by atoms with van der Waals surface area (Å²) in [5.74, 6) is -0.670. The number of aryl methyl sites for hydroxylation is 2. The first kappa shape index (κ1) is 25.5. The smallest absolute Gasteiger partial charge is 0.337 e. The van der Waals surface area contributed by atoms with E-state index in [9.17, 15) is 18.3 Å². The van der Waals surface area contributed by atoms with Crippen molar-refractivity contribution in [3.05, 3.63) is 94.6 Å². The minimum atomic E-state index is -3.67. The Bertz CT molecular complexity index is 1690. The van der Waals surface area contributed by atoms with Crippen molar-refractivity contribution >= 4 is 16.0 Å². The molecule has 1 aliphatic heterocycles. The lowest BCUT2D eigenvalue weighted by atomic mass is 10.00. The van der Waals surface area contributed by atoms with Crippen LogP contribution in [0.15, 0.2) is 65.8 Å². The van der Waals surface area contributed by atoms with Crippen LogP contribution < -0.4 is 0 Å². The van der Waals surface area contributed by atoms with Gasteiger partial charge in [0.15, 0.2) is 0 Å². The molecular formula is C29H31N5O4S. The predicted octanol–water partition coefficient (Wildman–Crippen LogP) is 4.27. The number of benzene rings is 2. The van der Waals surface area contributed by atoms with Gasteiger partial charge < -0.3 is 9.67 Å². The maximum Gasteiger partial charge on any atom is 0.337 e. The number of fused-ring (bicyclic) bond motifs is 1. The first-order valence-corrected chi connectivity index (χ1v) is 14.6. The second kappa shape index (κ2) is 9.46. The summed E-state index contributed by atoms with van der Waals surface area (Å²) in [5, 5.41) is 18.2. The van der Waals surface area contributed by atoms with E-state index in [2.05, 4.69) is 17.2 Å². The summed E-state index contributed by atoms with van der Waals surface area (Å²) in [6.07, 6.45) is 5.17. The molecule has 0 amide bonds. The summed E-state index contributed by atoms with van der Waals surface area (Å²) >= 11 is 0. The van der Waals surface area contributed by atoms with Crippen molar-refractivity contribution < 1.29 is 18.3 Å². The quantitative estimate of drug-likeness (QED) is 0.388. The van der Waals surface area contributed by atoms with Gasteiger partial charge in [-0.15, -0.1) is 5.10 Å². The number of carbonyl (C=O) groups is 1. The molecule has 9 nitrogen and oxygen atoms in total. The third-order valence-electron chi connectivity index (χ3n) is 7.77. The fourth-order valence-corrected chi connectivity index (χ4v) is 7.71. The van der Waals surface area contributed by atoms with E-state index < -0.39 is 16.0 Å². The van der Waals surface area contributed by atoms with E-state index in [4.69, 9.17) is 0 Å². The van der Waals surface area contributed by atoms with E-state index in [1.165, 1.54) is 0 Å². The van der Waals surface area contributed by atoms with E-state index in [0.717, 1.165) is 40.2 Å². The average molecular weight is 546 g/mol. The van der Waals surface area contributed by atoms with Crippen LogP contribution in [0.4, 0.5) is 0 Å². The molecule has 2 aromatic carbocycles. The van der Waals surface area contributed by atoms with E-state index >= 15 is 0 Å². The van der Waals surface area contributed by atoms with Gasteiger partial charge in [0.05, 0.1) is 16.2 Å². The van der Waals surface area contributed by atoms with Crippen LogP contribution >= 0.6 is 0 Å². The number of sulfonamides is 1. The molecule has 3 atom stereocenters. The zero-order chi connectivity index (χ0) is 27.5. The van der Waals surface area contributed by atoms with Gasteiger partial charge >= 0.3 is 5.97 Å². The zero-order valence-electron chi connectivity index (χ0n) is 22.2. The summed E-state index contributed by atoms with van der Waals surface area (Å²) in [7, 11) is -1.86. The van der Waals surface area contributed by atoms with Crippen molar-refractivity contribution in [3.8, 4) is 5.69 Å². The van der Waals surface area contributed by atoms with E-state index in [1.807, 2.05) is 61.1 Å². The number of hydrogen-bond acceptors (Lipinski definition) is 5. The molecule has 1 aliphatic carbocycles. The highest BCUT2D eigenvalue weighted by Gasteiger charge is 2.45. The molecule has 0 unspecified atom stereocenters. The summed E-state index contributed by atoms with van der Waals surface area (Å²) in [5.41, 5.74) is 5.29. The van der Waals surface area contributed by atoms with Crippen molar-refractivity contribution in [2.24, 2.45) is 13.0 Å². The molecular weight excluding hydrogens is 514 g/mol. The molecule has 1 fully saturated rings. The molecule has 6 rings (SSSR count). The molecule has 0 spiro atoms. The van der Waals surface area contributed by atoms with Gasteiger partial charge in [0.25, 0.3) is 0 Å². The number of carboxylic acid groups (broad SMARTS) is 1. The molecule has 1 saturated carbocycles. The van der Waals surface area contributed by atoms with E-state index in [1.54, 1.807) is 27.3 Å². The van der Waals surface area contributed by atoms with Crippen molar-refractivity contribution in [1.29, 1.82) is 0 Å². The largest absolute Gasteiger partial charge is 0.478 e. The molecule has 1 N–H and O–H groups in total. The lowest BCUT2D eigenvalue weighted by Gasteiger charge is -2.23. The van der Waals surface area contributed by atoms with Crippen LogP contribution in [0.2, 0.25) is 0 Å². The first-order chi connectivity index (χ1) is 18.6. The minimum absolute atomic E-state index is 0.0121. The highest BCUT2D eigenvalue weighted by Crippen LogP contribution is 2.55. The van der Waals surface area contributed by atoms with Gasteiger partial charge in [0.1, 0.15) is 0 Å². The van der Waals surface area contributed by atoms with Crippen LogP contribution in [0.1, 0.15) is 63.6 Å². The van der Waals surface area contributed by atoms with Crippen LogP contribution in [0.25, 0.3) is 5.69 Å². The lowest BCUT2D eigenvalue weighted by Crippen LogP contribution is -2.32. The third-order valence-corrected chi connectivity index (χ3v) is 9.66. The fraction of sp³-hybridized carbons (Fsp3) is 0.345. The second-order valence-electron chi connectivity index (χ2n) is 10.9. The van der Waals surface area contributed by atoms with Crippen LogP contribution in [-0.4, -0.2) is 49.9 Å². The predicted molar refractivity (Wildman–Crippen MR) is 145 cm³/mol. The minimum Gasteiger partial charge on any atom is -0.478 e. The topological polar surface area (TPSA) is 110 Å². The van der Waals surface area contributed by atoms with Crippen molar-refractivity contribution in [1.82, 2.24) is 23.9 Å². The number of aromatic nitrogens is 4. The van der Waals surface area contributed by atoms with Crippen molar-refractivity contribution in [3.63, 3.8) is 0 Å². The van der Waals surface area contributed by atoms with E-state index in [0.29, 0.717) is 17.9 Å². The molecule has 0 saturated heterocycles. The van der Waals surface area contributed by atoms with Gasteiger partial charge in [0, 0.05) is 55.7 Å². The monoisotopic (exact) mass is 545 g/mol. The van der Waals surface area contributed by atoms with Gasteiger partial charge in [-0.1, -0.05) is 36.4 Å². The number of rotatable bonds is 6. The van der Waals surface area contributed by atoms with Gasteiger partial charge in [-0.25, -0.2) is 13.2 Å². The number of carboxylic acids is 1. The molecule has 0 radical (unpaired) electrons. The summed E-state index contributed by atoms with van der Waals surface area (Å²) in [6.45, 7) is 4.66. The van der Waals surface area contributed by atoms with Crippen LogP contribution in [0.5, 0.6) is 0 Å². The normalized spacial score (nSPS) is 22.3. The Hall–Kier alpha value is -3.76. The molecule has 10 heteroatoms. The number of nitrogens with zero attached hydrogens (tertiary/aromatic N) is 5. The standard InChI is InChI=1S/C29H31N5O4S/c1-18-7-8-21-11-19(2)15-33(39(37,38)27(21)12-18)16-20-5-4-6-22(13-20)34-10-9-23(29(35)36)28(34)25-14-24(25)26-17-32(3)31-30-26/h4-10,12-13,17,19,24-25H,11,14-16H2,1-3H3,(H,35,36)/t19-,24+,25+/m0/s1. The molecule has 202 valence electrons. The van der Waals surface area contributed by atoms with Gasteiger partial charge in [-0.2, -0.15) is 4.31 Å². The van der Waals surface area contributed by atoms with Crippen LogP contribution in [0.3, 0.4) is 0 Å². The SMILES string of the molecule is Cc1ccc2c(c1)S(=O)(=O)N(Cc1cccc(-n3ccc(C(=O)O)c3[C@@H]3C[C@H]3c3cn(C)nn3)c1)C[C@@H](C)C2. The van der Waals surface area contributed by atoms with Gasteiger partial charge in [0.2, 0.25) is 10.0 Å². The Morgan fingerprint density at radius 2 is 1.95 bits per heavy atom. The van der Waals surface area contributed by atoms with Crippen LogP contribution in [0, 0.1) is 12.8 Å². The third kappa shape index (κ3) is 4.68. The maximum absolute atomic E-state index is 13.7. The first-order valence-electron chi connectivity index (χ1n) is 13.1. The summed E-state index contributed by atoms with van der Waals surface area (Å²) in [6, 6.07) is 15.0. The Morgan fingerprint density at radius 1 is 1.13 bits per heavy atom. The van der Waals surface area contributed by atoms with E-state index in [-0.39, 0.29) is 29.9 Å². The zero-order valence-corrected chi connectivity index (χ0v) is 23.0. The lowest BCUT2D eigenvalue weighted by molar-refractivity contribution is 0.0695.